The van der Waals surface area contributed by atoms with Crippen molar-refractivity contribution >= 4 is 23.4 Å². The summed E-state index contributed by atoms with van der Waals surface area (Å²) < 4.78 is 0. The van der Waals surface area contributed by atoms with Crippen LogP contribution in [0, 0.1) is 0 Å². The van der Waals surface area contributed by atoms with Crippen molar-refractivity contribution in [3.05, 3.63) is 29.0 Å². The van der Waals surface area contributed by atoms with Gasteiger partial charge >= 0.3 is 0 Å². The van der Waals surface area contributed by atoms with E-state index in [0.717, 1.165) is 0 Å². The summed E-state index contributed by atoms with van der Waals surface area (Å²) in [5.74, 6) is -0.787. The third-order valence-corrected chi connectivity index (χ3v) is 2.28. The van der Waals surface area contributed by atoms with Crippen LogP contribution < -0.4 is 11.1 Å². The second-order valence-electron chi connectivity index (χ2n) is 4.35. The third-order valence-electron chi connectivity index (χ3n) is 2.06. The molecular weight excluding hydrogens is 242 g/mol. The van der Waals surface area contributed by atoms with Crippen molar-refractivity contribution in [3.63, 3.8) is 0 Å². The average molecular weight is 256 g/mol. The van der Waals surface area contributed by atoms with Gasteiger partial charge in [-0.1, -0.05) is 11.6 Å². The minimum Gasteiger partial charge on any atom is -0.370 e. The van der Waals surface area contributed by atoms with Gasteiger partial charge in [-0.3, -0.25) is 9.59 Å². The van der Waals surface area contributed by atoms with Gasteiger partial charge in [0, 0.05) is 18.2 Å². The lowest BCUT2D eigenvalue weighted by Crippen LogP contribution is -2.46. The number of hydrogen-bond donors (Lipinski definition) is 2. The summed E-state index contributed by atoms with van der Waals surface area (Å²) in [6.45, 7) is 3.44. The molecule has 0 aromatic carbocycles. The van der Waals surface area contributed by atoms with Crippen LogP contribution in [-0.2, 0) is 4.79 Å². The third kappa shape index (κ3) is 4.40. The van der Waals surface area contributed by atoms with Gasteiger partial charge in [0.15, 0.2) is 0 Å². The number of rotatable bonds is 4. The van der Waals surface area contributed by atoms with Gasteiger partial charge in [-0.15, -0.1) is 0 Å². The van der Waals surface area contributed by atoms with Crippen LogP contribution in [0.4, 0.5) is 0 Å². The number of primary amides is 1. The van der Waals surface area contributed by atoms with E-state index in [1.165, 1.54) is 12.3 Å². The van der Waals surface area contributed by atoms with Gasteiger partial charge in [-0.25, -0.2) is 4.98 Å². The van der Waals surface area contributed by atoms with Gasteiger partial charge in [0.25, 0.3) is 5.91 Å². The first-order valence-corrected chi connectivity index (χ1v) is 5.40. The van der Waals surface area contributed by atoms with E-state index < -0.39 is 11.4 Å². The lowest BCUT2D eigenvalue weighted by atomic mass is 10.00. The van der Waals surface area contributed by atoms with E-state index in [0.29, 0.717) is 10.7 Å². The molecule has 0 aliphatic carbocycles. The highest BCUT2D eigenvalue weighted by Crippen LogP contribution is 2.10. The fraction of sp³-hybridized carbons (Fsp3) is 0.364. The van der Waals surface area contributed by atoms with E-state index in [1.807, 2.05) is 0 Å². The molecule has 0 spiro atoms. The van der Waals surface area contributed by atoms with Crippen LogP contribution in [0.15, 0.2) is 18.3 Å². The molecule has 1 rings (SSSR count). The number of nitrogens with zero attached hydrogens (tertiary/aromatic N) is 1. The Hall–Kier alpha value is -1.62. The van der Waals surface area contributed by atoms with Crippen molar-refractivity contribution in [3.8, 4) is 0 Å². The van der Waals surface area contributed by atoms with Crippen LogP contribution in [0.5, 0.6) is 0 Å². The maximum absolute atomic E-state index is 11.8. The van der Waals surface area contributed by atoms with Crippen molar-refractivity contribution in [2.24, 2.45) is 5.73 Å². The summed E-state index contributed by atoms with van der Waals surface area (Å²) >= 11 is 5.61. The highest BCUT2D eigenvalue weighted by Gasteiger charge is 2.23. The van der Waals surface area contributed by atoms with Crippen molar-refractivity contribution < 1.29 is 9.59 Å². The molecule has 3 N–H and O–H groups in total. The first-order valence-electron chi connectivity index (χ1n) is 5.02. The predicted molar refractivity (Wildman–Crippen MR) is 64.6 cm³/mol. The molecule has 2 amide bonds. The number of halogens is 1. The maximum atomic E-state index is 11.8. The quantitative estimate of drug-likeness (QED) is 0.791. The molecule has 0 fully saturated rings. The molecule has 17 heavy (non-hydrogen) atoms. The molecule has 6 heteroatoms. The van der Waals surface area contributed by atoms with E-state index in [9.17, 15) is 9.59 Å². The minimum atomic E-state index is -0.692. The lowest BCUT2D eigenvalue weighted by molar-refractivity contribution is -0.119. The molecule has 0 saturated carbocycles. The Balaban J connectivity index is 2.72. The number of nitrogens with one attached hydrogen (secondary N) is 1. The van der Waals surface area contributed by atoms with Crippen LogP contribution in [0.25, 0.3) is 0 Å². The molecule has 5 nitrogen and oxygen atoms in total. The summed E-state index contributed by atoms with van der Waals surface area (Å²) in [4.78, 5) is 26.4. The van der Waals surface area contributed by atoms with Gasteiger partial charge in [0.05, 0.1) is 5.56 Å². The second kappa shape index (κ2) is 5.14. The Morgan fingerprint density at radius 3 is 2.59 bits per heavy atom. The van der Waals surface area contributed by atoms with E-state index in [1.54, 1.807) is 19.9 Å². The summed E-state index contributed by atoms with van der Waals surface area (Å²) in [6.07, 6.45) is 1.44. The topological polar surface area (TPSA) is 85.1 Å². The Morgan fingerprint density at radius 1 is 1.47 bits per heavy atom. The zero-order valence-corrected chi connectivity index (χ0v) is 10.4. The molecule has 1 aromatic rings. The number of nitrogens with two attached hydrogens (primary N) is 1. The molecule has 1 aromatic heterocycles. The number of amides is 2. The molecule has 0 atom stereocenters. The molecule has 0 radical (unpaired) electrons. The fourth-order valence-corrected chi connectivity index (χ4v) is 1.48. The molecule has 0 aliphatic heterocycles. The first-order chi connectivity index (χ1) is 7.80. The van der Waals surface area contributed by atoms with Gasteiger partial charge in [-0.2, -0.15) is 0 Å². The fourth-order valence-electron chi connectivity index (χ4n) is 1.37. The SMILES string of the molecule is CC(C)(CC(N)=O)NC(=O)c1ccc(Cl)nc1. The Bertz CT molecular complexity index is 429. The Labute approximate surface area is 104 Å². The number of pyridine rings is 1. The molecule has 1 heterocycles. The van der Waals surface area contributed by atoms with Crippen LogP contribution >= 0.6 is 11.6 Å². The van der Waals surface area contributed by atoms with Gasteiger partial charge in [0.1, 0.15) is 5.15 Å². The van der Waals surface area contributed by atoms with Crippen LogP contribution in [-0.4, -0.2) is 22.3 Å². The van der Waals surface area contributed by atoms with Gasteiger partial charge in [0.2, 0.25) is 5.91 Å². The van der Waals surface area contributed by atoms with Crippen molar-refractivity contribution in [1.29, 1.82) is 0 Å². The highest BCUT2D eigenvalue weighted by atomic mass is 35.5. The van der Waals surface area contributed by atoms with Crippen molar-refractivity contribution in [1.82, 2.24) is 10.3 Å². The van der Waals surface area contributed by atoms with Crippen LogP contribution in [0.1, 0.15) is 30.6 Å². The first kappa shape index (κ1) is 13.4. The zero-order valence-electron chi connectivity index (χ0n) is 9.66. The molecular formula is C11H14ClN3O2. The van der Waals surface area contributed by atoms with Gasteiger partial charge < -0.3 is 11.1 Å². The van der Waals surface area contributed by atoms with Crippen molar-refractivity contribution in [2.75, 3.05) is 0 Å². The summed E-state index contributed by atoms with van der Waals surface area (Å²) in [6, 6.07) is 3.09. The lowest BCUT2D eigenvalue weighted by Gasteiger charge is -2.24. The van der Waals surface area contributed by atoms with Gasteiger partial charge in [-0.05, 0) is 26.0 Å². The van der Waals surface area contributed by atoms with Crippen LogP contribution in [0.3, 0.4) is 0 Å². The number of carbonyl (C=O) groups excluding carboxylic acids is 2. The molecule has 0 unspecified atom stereocenters. The zero-order chi connectivity index (χ0) is 13.1. The molecule has 92 valence electrons. The van der Waals surface area contributed by atoms with Crippen molar-refractivity contribution in [2.45, 2.75) is 25.8 Å². The largest absolute Gasteiger partial charge is 0.370 e. The Kier molecular flexibility index (Phi) is 4.07. The number of hydrogen-bond acceptors (Lipinski definition) is 3. The van der Waals surface area contributed by atoms with E-state index >= 15 is 0 Å². The predicted octanol–water partition coefficient (Wildman–Crippen LogP) is 1.12. The standard InChI is InChI=1S/C11H14ClN3O2/c1-11(2,5-9(13)16)15-10(17)7-3-4-8(12)14-6-7/h3-4,6H,5H2,1-2H3,(H2,13,16)(H,15,17). The highest BCUT2D eigenvalue weighted by molar-refractivity contribution is 6.29. The summed E-state index contributed by atoms with van der Waals surface area (Å²) in [5, 5.41) is 3.02. The van der Waals surface area contributed by atoms with Crippen LogP contribution in [0.2, 0.25) is 5.15 Å². The van der Waals surface area contributed by atoms with E-state index in [-0.39, 0.29) is 12.3 Å². The Morgan fingerprint density at radius 2 is 2.12 bits per heavy atom. The maximum Gasteiger partial charge on any atom is 0.253 e. The molecule has 0 saturated heterocycles. The number of carbonyl (C=O) groups is 2. The smallest absolute Gasteiger partial charge is 0.253 e. The van der Waals surface area contributed by atoms with E-state index in [2.05, 4.69) is 10.3 Å². The minimum absolute atomic E-state index is 0.0692. The molecule has 0 bridgehead atoms. The van der Waals surface area contributed by atoms with E-state index in [4.69, 9.17) is 17.3 Å². The normalized spacial score (nSPS) is 11.0. The molecule has 0 aliphatic rings. The number of aromatic nitrogens is 1. The average Bonchev–Trinajstić information content (AvgIpc) is 2.15. The monoisotopic (exact) mass is 255 g/mol. The summed E-state index contributed by atoms with van der Waals surface area (Å²) in [7, 11) is 0. The second-order valence-corrected chi connectivity index (χ2v) is 4.74. The summed E-state index contributed by atoms with van der Waals surface area (Å²) in [5.41, 5.74) is 4.78.